The Hall–Kier alpha value is -1.07. The summed E-state index contributed by atoms with van der Waals surface area (Å²) in [4.78, 5) is 22.9. The molecular formula is C9H10F3NO2. The van der Waals surface area contributed by atoms with Crippen molar-refractivity contribution in [3.8, 4) is 0 Å². The lowest BCUT2D eigenvalue weighted by molar-refractivity contribution is -0.196. The van der Waals surface area contributed by atoms with Gasteiger partial charge in [0.05, 0.1) is 5.41 Å². The molecule has 2 aliphatic rings. The summed E-state index contributed by atoms with van der Waals surface area (Å²) in [6, 6.07) is 0. The molecule has 1 heterocycles. The first-order valence-corrected chi connectivity index (χ1v) is 4.75. The van der Waals surface area contributed by atoms with Gasteiger partial charge in [-0.3, -0.25) is 9.59 Å². The van der Waals surface area contributed by atoms with Crippen molar-refractivity contribution in [1.82, 2.24) is 4.90 Å². The van der Waals surface area contributed by atoms with Crippen molar-refractivity contribution in [1.29, 1.82) is 0 Å². The van der Waals surface area contributed by atoms with Gasteiger partial charge in [0.15, 0.2) is 0 Å². The largest absolute Gasteiger partial charge is 0.471 e. The molecule has 0 radical (unpaired) electrons. The van der Waals surface area contributed by atoms with Crippen LogP contribution in [0.1, 0.15) is 19.3 Å². The van der Waals surface area contributed by atoms with Gasteiger partial charge in [-0.2, -0.15) is 13.2 Å². The van der Waals surface area contributed by atoms with Crippen LogP contribution >= 0.6 is 0 Å². The highest BCUT2D eigenvalue weighted by atomic mass is 19.4. The zero-order chi connectivity index (χ0) is 11.3. The van der Waals surface area contributed by atoms with Crippen LogP contribution in [0.15, 0.2) is 0 Å². The van der Waals surface area contributed by atoms with Gasteiger partial charge in [-0.1, -0.05) is 0 Å². The third kappa shape index (κ3) is 1.52. The molecule has 1 saturated heterocycles. The first-order chi connectivity index (χ1) is 6.85. The van der Waals surface area contributed by atoms with E-state index in [1.807, 2.05) is 0 Å². The quantitative estimate of drug-likeness (QED) is 0.615. The fourth-order valence-electron chi connectivity index (χ4n) is 2.33. The molecule has 1 aliphatic heterocycles. The molecule has 1 spiro atoms. The van der Waals surface area contributed by atoms with Crippen molar-refractivity contribution in [2.75, 3.05) is 13.1 Å². The Balaban J connectivity index is 1.99. The average Bonchev–Trinajstić information content (AvgIpc) is 2.41. The minimum Gasteiger partial charge on any atom is -0.333 e. The van der Waals surface area contributed by atoms with Crippen molar-refractivity contribution < 1.29 is 22.8 Å². The monoisotopic (exact) mass is 221 g/mol. The standard InChI is InChI=1S/C9H10F3NO2/c10-9(11,12)7(15)13-4-8(5-13)3-1-2-6(8)14/h1-5H2. The summed E-state index contributed by atoms with van der Waals surface area (Å²) in [6.45, 7) is -0.103. The van der Waals surface area contributed by atoms with Crippen LogP contribution in [-0.4, -0.2) is 35.9 Å². The number of likely N-dealkylation sites (tertiary alicyclic amines) is 1. The maximum absolute atomic E-state index is 12.0. The molecular weight excluding hydrogens is 211 g/mol. The van der Waals surface area contributed by atoms with Crippen LogP contribution in [0.25, 0.3) is 0 Å². The van der Waals surface area contributed by atoms with E-state index >= 15 is 0 Å². The topological polar surface area (TPSA) is 37.4 Å². The van der Waals surface area contributed by atoms with E-state index < -0.39 is 17.5 Å². The fourth-order valence-corrected chi connectivity index (χ4v) is 2.33. The Bertz CT molecular complexity index is 318. The normalized spacial score (nSPS) is 24.5. The molecule has 0 atom stereocenters. The van der Waals surface area contributed by atoms with Gasteiger partial charge in [0.1, 0.15) is 5.78 Å². The van der Waals surface area contributed by atoms with Crippen LogP contribution in [0.5, 0.6) is 0 Å². The van der Waals surface area contributed by atoms with E-state index in [4.69, 9.17) is 0 Å². The summed E-state index contributed by atoms with van der Waals surface area (Å²) in [5, 5.41) is 0. The van der Waals surface area contributed by atoms with Crippen molar-refractivity contribution in [2.24, 2.45) is 5.41 Å². The van der Waals surface area contributed by atoms with Crippen molar-refractivity contribution in [3.05, 3.63) is 0 Å². The minimum absolute atomic E-state index is 0.00808. The zero-order valence-corrected chi connectivity index (χ0v) is 7.93. The molecule has 15 heavy (non-hydrogen) atoms. The second kappa shape index (κ2) is 2.96. The van der Waals surface area contributed by atoms with Gasteiger partial charge in [-0.05, 0) is 12.8 Å². The molecule has 84 valence electrons. The van der Waals surface area contributed by atoms with E-state index in [1.54, 1.807) is 0 Å². The molecule has 2 rings (SSSR count). The molecule has 0 aromatic carbocycles. The van der Waals surface area contributed by atoms with E-state index in [0.29, 0.717) is 17.7 Å². The van der Waals surface area contributed by atoms with Gasteiger partial charge in [0.2, 0.25) is 0 Å². The number of Topliss-reactive ketones (excluding diaryl/α,β-unsaturated/α-hetero) is 1. The molecule has 0 aromatic heterocycles. The number of hydrogen-bond acceptors (Lipinski definition) is 2. The second-order valence-electron chi connectivity index (χ2n) is 4.22. The number of carbonyl (C=O) groups is 2. The Labute approximate surface area is 84.2 Å². The Morgan fingerprint density at radius 1 is 1.33 bits per heavy atom. The number of hydrogen-bond donors (Lipinski definition) is 0. The highest BCUT2D eigenvalue weighted by molar-refractivity contribution is 5.92. The number of ketones is 1. The molecule has 1 amide bonds. The molecule has 0 unspecified atom stereocenters. The summed E-state index contributed by atoms with van der Waals surface area (Å²) < 4.78 is 36.1. The van der Waals surface area contributed by atoms with Crippen LogP contribution in [0.2, 0.25) is 0 Å². The third-order valence-corrected chi connectivity index (χ3v) is 3.17. The number of nitrogens with zero attached hydrogens (tertiary/aromatic N) is 1. The summed E-state index contributed by atoms with van der Waals surface area (Å²) in [6.07, 6.45) is -3.03. The lowest BCUT2D eigenvalue weighted by atomic mass is 9.77. The van der Waals surface area contributed by atoms with E-state index in [0.717, 1.165) is 6.42 Å². The maximum atomic E-state index is 12.0. The van der Waals surface area contributed by atoms with Crippen LogP contribution in [0, 0.1) is 5.41 Å². The number of alkyl halides is 3. The van der Waals surface area contributed by atoms with Gasteiger partial charge in [0, 0.05) is 19.5 Å². The first kappa shape index (κ1) is 10.4. The average molecular weight is 221 g/mol. The van der Waals surface area contributed by atoms with Crippen LogP contribution in [0.4, 0.5) is 13.2 Å². The number of rotatable bonds is 0. The predicted molar refractivity (Wildman–Crippen MR) is 43.9 cm³/mol. The molecule has 2 fully saturated rings. The number of amides is 1. The van der Waals surface area contributed by atoms with E-state index in [-0.39, 0.29) is 18.9 Å². The molecule has 0 N–H and O–H groups in total. The van der Waals surface area contributed by atoms with Gasteiger partial charge >= 0.3 is 12.1 Å². The predicted octanol–water partition coefficient (Wildman–Crippen LogP) is 1.13. The van der Waals surface area contributed by atoms with E-state index in [9.17, 15) is 22.8 Å². The third-order valence-electron chi connectivity index (χ3n) is 3.17. The summed E-state index contributed by atoms with van der Waals surface area (Å²) in [7, 11) is 0. The summed E-state index contributed by atoms with van der Waals surface area (Å²) >= 11 is 0. The van der Waals surface area contributed by atoms with Gasteiger partial charge in [-0.15, -0.1) is 0 Å². The summed E-state index contributed by atoms with van der Waals surface area (Å²) in [5.74, 6) is -1.82. The van der Waals surface area contributed by atoms with Gasteiger partial charge in [-0.25, -0.2) is 0 Å². The number of carbonyl (C=O) groups excluding carboxylic acids is 2. The SMILES string of the molecule is O=C(N1CC2(CCCC2=O)C1)C(F)(F)F. The smallest absolute Gasteiger partial charge is 0.333 e. The van der Waals surface area contributed by atoms with Gasteiger partial charge in [0.25, 0.3) is 0 Å². The Kier molecular flexibility index (Phi) is 2.06. The first-order valence-electron chi connectivity index (χ1n) is 4.75. The van der Waals surface area contributed by atoms with Crippen LogP contribution in [0.3, 0.4) is 0 Å². The lowest BCUT2D eigenvalue weighted by Gasteiger charge is -2.46. The minimum atomic E-state index is -4.82. The molecule has 0 bridgehead atoms. The highest BCUT2D eigenvalue weighted by Gasteiger charge is 2.56. The molecule has 6 heteroatoms. The Morgan fingerprint density at radius 2 is 1.93 bits per heavy atom. The fraction of sp³-hybridized carbons (Fsp3) is 0.778. The number of halogens is 3. The Morgan fingerprint density at radius 3 is 2.33 bits per heavy atom. The van der Waals surface area contributed by atoms with E-state index in [1.165, 1.54) is 0 Å². The molecule has 3 nitrogen and oxygen atoms in total. The van der Waals surface area contributed by atoms with E-state index in [2.05, 4.69) is 0 Å². The highest BCUT2D eigenvalue weighted by Crippen LogP contribution is 2.43. The van der Waals surface area contributed by atoms with Crippen molar-refractivity contribution in [3.63, 3.8) is 0 Å². The summed E-state index contributed by atoms with van der Waals surface area (Å²) in [5.41, 5.74) is -0.638. The molecule has 0 aromatic rings. The molecule has 1 aliphatic carbocycles. The maximum Gasteiger partial charge on any atom is 0.471 e. The van der Waals surface area contributed by atoms with Crippen molar-refractivity contribution in [2.45, 2.75) is 25.4 Å². The lowest BCUT2D eigenvalue weighted by Crippen LogP contribution is -2.62. The van der Waals surface area contributed by atoms with Crippen LogP contribution in [-0.2, 0) is 9.59 Å². The second-order valence-corrected chi connectivity index (χ2v) is 4.22. The van der Waals surface area contributed by atoms with Crippen molar-refractivity contribution >= 4 is 11.7 Å². The van der Waals surface area contributed by atoms with Gasteiger partial charge < -0.3 is 4.90 Å². The molecule has 1 saturated carbocycles. The van der Waals surface area contributed by atoms with Crippen LogP contribution < -0.4 is 0 Å². The zero-order valence-electron chi connectivity index (χ0n) is 7.93.